The van der Waals surface area contributed by atoms with Gasteiger partial charge in [0.2, 0.25) is 5.84 Å². The highest BCUT2D eigenvalue weighted by molar-refractivity contribution is 6.42. The number of anilines is 3. The van der Waals surface area contributed by atoms with Crippen LogP contribution in [0.5, 0.6) is 0 Å². The zero-order valence-corrected chi connectivity index (χ0v) is 21.5. The molecule has 5 rings (SSSR count). The molecule has 0 aliphatic carbocycles. The van der Waals surface area contributed by atoms with Crippen molar-refractivity contribution in [2.75, 3.05) is 21.8 Å². The third-order valence-corrected chi connectivity index (χ3v) is 6.12. The van der Waals surface area contributed by atoms with Gasteiger partial charge in [-0.2, -0.15) is 0 Å². The van der Waals surface area contributed by atoms with E-state index in [9.17, 15) is 9.59 Å². The first-order valence-electron chi connectivity index (χ1n) is 12.7. The molecule has 0 fully saturated rings. The molecule has 0 unspecified atom stereocenters. The second-order valence-electron chi connectivity index (χ2n) is 8.74. The molecule has 0 radical (unpaired) electrons. The molecule has 39 heavy (non-hydrogen) atoms. The van der Waals surface area contributed by atoms with E-state index in [-0.39, 0.29) is 18.3 Å². The van der Waals surface area contributed by atoms with Gasteiger partial charge in [0.1, 0.15) is 6.17 Å². The van der Waals surface area contributed by atoms with Crippen molar-refractivity contribution in [3.63, 3.8) is 0 Å². The Hall–Kier alpha value is -5.17. The molecule has 0 saturated heterocycles. The minimum absolute atomic E-state index is 0.171. The minimum atomic E-state index is -0.518. The van der Waals surface area contributed by atoms with E-state index in [0.717, 1.165) is 16.9 Å². The van der Waals surface area contributed by atoms with Crippen molar-refractivity contribution in [1.82, 2.24) is 0 Å². The number of amidine groups is 1. The molecule has 1 amide bonds. The number of ether oxygens (including phenoxy) is 1. The number of amides is 1. The standard InChI is InChI=1S/C32H28N4O3/c1-2-39-32(38)30-34-36(28-16-10-5-11-17-28)29(23-18-24-12-6-3-7-13-24)35(30)27-21-19-26(20-22-27)33-31(37)25-14-8-4-9-15-25/h3-23,29H,2H2,1H3,(H,33,37)/b23-18-/t29-/m1/s1. The van der Waals surface area contributed by atoms with E-state index >= 15 is 0 Å². The molecule has 7 heteroatoms. The molecular weight excluding hydrogens is 488 g/mol. The average Bonchev–Trinajstić information content (AvgIpc) is 3.38. The van der Waals surface area contributed by atoms with Crippen LogP contribution in [0.3, 0.4) is 0 Å². The van der Waals surface area contributed by atoms with E-state index in [1.165, 1.54) is 0 Å². The van der Waals surface area contributed by atoms with Crippen molar-refractivity contribution < 1.29 is 14.3 Å². The van der Waals surface area contributed by atoms with Crippen molar-refractivity contribution in [3.05, 3.63) is 132 Å². The van der Waals surface area contributed by atoms with Crippen molar-refractivity contribution in [2.45, 2.75) is 13.1 Å². The first kappa shape index (κ1) is 25.5. The van der Waals surface area contributed by atoms with Gasteiger partial charge in [0.25, 0.3) is 5.91 Å². The number of hydrogen-bond donors (Lipinski definition) is 1. The third-order valence-electron chi connectivity index (χ3n) is 6.12. The predicted octanol–water partition coefficient (Wildman–Crippen LogP) is 6.18. The highest BCUT2D eigenvalue weighted by Gasteiger charge is 2.38. The lowest BCUT2D eigenvalue weighted by molar-refractivity contribution is -0.135. The molecule has 0 saturated carbocycles. The fourth-order valence-corrected chi connectivity index (χ4v) is 4.27. The molecule has 0 spiro atoms. The van der Waals surface area contributed by atoms with Crippen LogP contribution >= 0.6 is 0 Å². The molecule has 1 heterocycles. The van der Waals surface area contributed by atoms with Crippen LogP contribution in [0, 0.1) is 0 Å². The number of esters is 1. The van der Waals surface area contributed by atoms with E-state index in [1.807, 2.05) is 120 Å². The number of rotatable bonds is 8. The van der Waals surface area contributed by atoms with Crippen LogP contribution < -0.4 is 15.2 Å². The lowest BCUT2D eigenvalue weighted by atomic mass is 10.1. The summed E-state index contributed by atoms with van der Waals surface area (Å²) in [5, 5.41) is 9.44. The zero-order valence-electron chi connectivity index (χ0n) is 21.5. The summed E-state index contributed by atoms with van der Waals surface area (Å²) in [5.74, 6) is -0.544. The summed E-state index contributed by atoms with van der Waals surface area (Å²) in [6.45, 7) is 2.00. The Morgan fingerprint density at radius 3 is 2.08 bits per heavy atom. The summed E-state index contributed by atoms with van der Waals surface area (Å²) in [7, 11) is 0. The summed E-state index contributed by atoms with van der Waals surface area (Å²) in [6, 6.07) is 36.0. The maximum absolute atomic E-state index is 13.1. The maximum atomic E-state index is 13.1. The van der Waals surface area contributed by atoms with Crippen molar-refractivity contribution in [3.8, 4) is 0 Å². The molecule has 194 valence electrons. The quantitative estimate of drug-likeness (QED) is 0.283. The highest BCUT2D eigenvalue weighted by atomic mass is 16.5. The monoisotopic (exact) mass is 516 g/mol. The number of hydrogen-bond acceptors (Lipinski definition) is 6. The molecule has 1 N–H and O–H groups in total. The Morgan fingerprint density at radius 2 is 1.44 bits per heavy atom. The third kappa shape index (κ3) is 5.88. The van der Waals surface area contributed by atoms with E-state index < -0.39 is 12.1 Å². The Labute approximate surface area is 227 Å². The molecule has 4 aromatic carbocycles. The molecule has 0 aromatic heterocycles. The molecular formula is C32H28N4O3. The second kappa shape index (κ2) is 11.9. The normalized spacial score (nSPS) is 14.8. The summed E-state index contributed by atoms with van der Waals surface area (Å²) >= 11 is 0. The Morgan fingerprint density at radius 1 is 0.821 bits per heavy atom. The van der Waals surface area contributed by atoms with Crippen LogP contribution in [0.25, 0.3) is 6.08 Å². The van der Waals surface area contributed by atoms with Crippen molar-refractivity contribution in [2.24, 2.45) is 5.10 Å². The summed E-state index contributed by atoms with van der Waals surface area (Å²) in [5.41, 5.74) is 3.78. The Balaban J connectivity index is 1.50. The van der Waals surface area contributed by atoms with E-state index in [0.29, 0.717) is 11.3 Å². The van der Waals surface area contributed by atoms with Crippen LogP contribution in [-0.2, 0) is 9.53 Å². The maximum Gasteiger partial charge on any atom is 0.376 e. The first-order chi connectivity index (χ1) is 19.1. The van der Waals surface area contributed by atoms with Crippen LogP contribution in [0.2, 0.25) is 0 Å². The molecule has 7 nitrogen and oxygen atoms in total. The molecule has 0 bridgehead atoms. The van der Waals surface area contributed by atoms with Crippen LogP contribution in [0.1, 0.15) is 22.8 Å². The van der Waals surface area contributed by atoms with Crippen LogP contribution in [0.15, 0.2) is 126 Å². The lowest BCUT2D eigenvalue weighted by Gasteiger charge is -2.29. The number of nitrogens with one attached hydrogen (secondary N) is 1. The van der Waals surface area contributed by atoms with Gasteiger partial charge in [-0.3, -0.25) is 9.69 Å². The molecule has 4 aromatic rings. The molecule has 1 atom stereocenters. The Kier molecular flexibility index (Phi) is 7.79. The van der Waals surface area contributed by atoms with Gasteiger partial charge in [-0.15, -0.1) is 5.10 Å². The van der Waals surface area contributed by atoms with Crippen LogP contribution in [0.4, 0.5) is 17.1 Å². The van der Waals surface area contributed by atoms with Gasteiger partial charge >= 0.3 is 5.97 Å². The van der Waals surface area contributed by atoms with E-state index in [4.69, 9.17) is 9.84 Å². The number of carbonyl (C=O) groups is 2. The van der Waals surface area contributed by atoms with Crippen LogP contribution in [-0.4, -0.2) is 30.5 Å². The summed E-state index contributed by atoms with van der Waals surface area (Å²) in [4.78, 5) is 27.6. The number of para-hydroxylation sites is 1. The molecule has 1 aliphatic heterocycles. The van der Waals surface area contributed by atoms with Gasteiger partial charge in [-0.25, -0.2) is 9.80 Å². The number of benzene rings is 4. The topological polar surface area (TPSA) is 74.2 Å². The van der Waals surface area contributed by atoms with Gasteiger partial charge in [-0.05, 0) is 67.1 Å². The minimum Gasteiger partial charge on any atom is -0.460 e. The lowest BCUT2D eigenvalue weighted by Crippen LogP contribution is -2.43. The van der Waals surface area contributed by atoms with Gasteiger partial charge in [0, 0.05) is 16.9 Å². The predicted molar refractivity (Wildman–Crippen MR) is 156 cm³/mol. The highest BCUT2D eigenvalue weighted by Crippen LogP contribution is 2.32. The molecule has 1 aliphatic rings. The van der Waals surface area contributed by atoms with Crippen molar-refractivity contribution >= 4 is 40.9 Å². The Bertz CT molecular complexity index is 1470. The van der Waals surface area contributed by atoms with Gasteiger partial charge in [0.05, 0.1) is 12.3 Å². The van der Waals surface area contributed by atoms with Crippen molar-refractivity contribution in [1.29, 1.82) is 0 Å². The summed E-state index contributed by atoms with van der Waals surface area (Å²) < 4.78 is 5.38. The smallest absolute Gasteiger partial charge is 0.376 e. The van der Waals surface area contributed by atoms with E-state index in [1.54, 1.807) is 24.1 Å². The second-order valence-corrected chi connectivity index (χ2v) is 8.74. The number of nitrogens with zero attached hydrogens (tertiary/aromatic N) is 3. The first-order valence-corrected chi connectivity index (χ1v) is 12.7. The number of carbonyl (C=O) groups excluding carboxylic acids is 2. The fraction of sp³-hybridized carbons (Fsp3) is 0.0938. The van der Waals surface area contributed by atoms with E-state index in [2.05, 4.69) is 5.32 Å². The fourth-order valence-electron chi connectivity index (χ4n) is 4.27. The van der Waals surface area contributed by atoms with Gasteiger partial charge in [0.15, 0.2) is 0 Å². The zero-order chi connectivity index (χ0) is 27.0. The SMILES string of the molecule is CCOC(=O)C1=NN(c2ccccc2)[C@H](/C=C\c2ccccc2)N1c1ccc(NC(=O)c2ccccc2)cc1. The average molecular weight is 517 g/mol. The van der Waals surface area contributed by atoms with Gasteiger partial charge in [-0.1, -0.05) is 72.8 Å². The largest absolute Gasteiger partial charge is 0.460 e. The summed E-state index contributed by atoms with van der Waals surface area (Å²) in [6.07, 6.45) is 3.56. The number of hydrazone groups is 1. The van der Waals surface area contributed by atoms with Gasteiger partial charge < -0.3 is 10.1 Å².